The molecule has 0 saturated carbocycles. The first-order valence-corrected chi connectivity index (χ1v) is 8.64. The fourth-order valence-corrected chi connectivity index (χ4v) is 3.12. The molecule has 1 atom stereocenters. The van der Waals surface area contributed by atoms with Crippen molar-refractivity contribution >= 4 is 60.7 Å². The monoisotopic (exact) mass is 461 g/mol. The summed E-state index contributed by atoms with van der Waals surface area (Å²) in [5.41, 5.74) is 1.23. The molecule has 0 spiro atoms. The van der Waals surface area contributed by atoms with Crippen molar-refractivity contribution in [1.82, 2.24) is 15.3 Å². The molecule has 1 fully saturated rings. The van der Waals surface area contributed by atoms with Crippen LogP contribution in [0.15, 0.2) is 36.7 Å². The average Bonchev–Trinajstić information content (AvgIpc) is 3.04. The zero-order chi connectivity index (χ0) is 18.6. The van der Waals surface area contributed by atoms with Gasteiger partial charge in [0.05, 0.1) is 5.41 Å². The molecule has 7 nitrogen and oxygen atoms in total. The van der Waals surface area contributed by atoms with Gasteiger partial charge in [-0.1, -0.05) is 0 Å². The van der Waals surface area contributed by atoms with E-state index in [1.807, 2.05) is 32.0 Å². The number of amides is 2. The van der Waals surface area contributed by atoms with Crippen molar-refractivity contribution in [2.24, 2.45) is 5.41 Å². The smallest absolute Gasteiger partial charge is 0.233 e. The number of hydrogen-bond acceptors (Lipinski definition) is 5. The molecule has 2 aromatic heterocycles. The summed E-state index contributed by atoms with van der Waals surface area (Å²) in [6.45, 7) is 5.03. The number of nitrogens with one attached hydrogen (secondary N) is 3. The molecule has 29 heavy (non-hydrogen) atoms. The van der Waals surface area contributed by atoms with E-state index in [2.05, 4.69) is 25.9 Å². The number of hydrogen-bond donors (Lipinski definition) is 3. The normalized spacial score (nSPS) is 17.2. The lowest BCUT2D eigenvalue weighted by atomic mass is 9.82. The van der Waals surface area contributed by atoms with Crippen LogP contribution in [0.3, 0.4) is 0 Å². The summed E-state index contributed by atoms with van der Waals surface area (Å²) in [7, 11) is 0. The van der Waals surface area contributed by atoms with Crippen LogP contribution in [-0.2, 0) is 9.59 Å². The molecular weight excluding hydrogens is 437 g/mol. The molecule has 0 radical (unpaired) electrons. The molecule has 10 heteroatoms. The molecule has 1 unspecified atom stereocenters. The highest BCUT2D eigenvalue weighted by Crippen LogP contribution is 2.31. The van der Waals surface area contributed by atoms with E-state index in [0.717, 1.165) is 11.1 Å². The molecule has 3 heterocycles. The molecule has 3 rings (SSSR count). The van der Waals surface area contributed by atoms with Crippen molar-refractivity contribution < 1.29 is 9.59 Å². The van der Waals surface area contributed by atoms with Gasteiger partial charge in [0.1, 0.15) is 11.6 Å². The highest BCUT2D eigenvalue weighted by atomic mass is 35.5. The fraction of sp³-hybridized carbons (Fsp3) is 0.368. The lowest BCUT2D eigenvalue weighted by molar-refractivity contribution is -0.129. The predicted molar refractivity (Wildman–Crippen MR) is 121 cm³/mol. The highest BCUT2D eigenvalue weighted by Gasteiger charge is 2.43. The van der Waals surface area contributed by atoms with E-state index >= 15 is 0 Å². The maximum atomic E-state index is 12.9. The molecular formula is C19H26Cl3N5O2. The van der Waals surface area contributed by atoms with Gasteiger partial charge in [0, 0.05) is 25.4 Å². The van der Waals surface area contributed by atoms with E-state index in [-0.39, 0.29) is 55.5 Å². The van der Waals surface area contributed by atoms with Gasteiger partial charge >= 0.3 is 0 Å². The lowest BCUT2D eigenvalue weighted by Gasteiger charge is -2.26. The fourth-order valence-electron chi connectivity index (χ4n) is 3.12. The largest absolute Gasteiger partial charge is 0.316 e. The van der Waals surface area contributed by atoms with Gasteiger partial charge in [-0.25, -0.2) is 9.97 Å². The second-order valence-electron chi connectivity index (χ2n) is 6.82. The third-order valence-corrected chi connectivity index (χ3v) is 4.56. The van der Waals surface area contributed by atoms with Gasteiger partial charge in [-0.2, -0.15) is 0 Å². The van der Waals surface area contributed by atoms with E-state index in [4.69, 9.17) is 0 Å². The van der Waals surface area contributed by atoms with Gasteiger partial charge < -0.3 is 16.0 Å². The zero-order valence-electron chi connectivity index (χ0n) is 16.2. The van der Waals surface area contributed by atoms with Crippen molar-refractivity contribution in [3.05, 3.63) is 47.8 Å². The van der Waals surface area contributed by atoms with Crippen molar-refractivity contribution in [1.29, 1.82) is 0 Å². The molecule has 1 saturated heterocycles. The van der Waals surface area contributed by atoms with Crippen LogP contribution >= 0.6 is 37.2 Å². The quantitative estimate of drug-likeness (QED) is 0.633. The van der Waals surface area contributed by atoms with Crippen LogP contribution in [0, 0.1) is 19.3 Å². The lowest BCUT2D eigenvalue weighted by Crippen LogP contribution is -2.41. The standard InChI is InChI=1S/C19H23N5O2.3ClH/c1-13-3-6-21-15(9-13)23-17(25)11-19(5-8-20-12-19)18(26)24-16-10-14(2)4-7-22-16;;;/h3-4,6-7,9-10,20H,5,8,11-12H2,1-2H3,(H,21,23,25)(H,22,24,26);3*1H. The summed E-state index contributed by atoms with van der Waals surface area (Å²) in [5.74, 6) is 0.589. The molecule has 3 N–H and O–H groups in total. The molecule has 160 valence electrons. The Kier molecular flexibility index (Phi) is 11.1. The number of aryl methyl sites for hydroxylation is 2. The average molecular weight is 463 g/mol. The first-order valence-electron chi connectivity index (χ1n) is 8.64. The van der Waals surface area contributed by atoms with Crippen LogP contribution in [0.2, 0.25) is 0 Å². The molecule has 0 bridgehead atoms. The van der Waals surface area contributed by atoms with Crippen molar-refractivity contribution in [3.8, 4) is 0 Å². The summed E-state index contributed by atoms with van der Waals surface area (Å²) < 4.78 is 0. The molecule has 1 aliphatic heterocycles. The van der Waals surface area contributed by atoms with Crippen molar-refractivity contribution in [2.75, 3.05) is 23.7 Å². The maximum Gasteiger partial charge on any atom is 0.233 e. The number of aromatic nitrogens is 2. The minimum Gasteiger partial charge on any atom is -0.316 e. The minimum absolute atomic E-state index is 0. The maximum absolute atomic E-state index is 12.9. The predicted octanol–water partition coefficient (Wildman–Crippen LogP) is 3.31. The van der Waals surface area contributed by atoms with Gasteiger partial charge in [0.25, 0.3) is 0 Å². The Bertz CT molecular complexity index is 829. The van der Waals surface area contributed by atoms with Gasteiger partial charge in [-0.15, -0.1) is 37.2 Å². The topological polar surface area (TPSA) is 96.0 Å². The van der Waals surface area contributed by atoms with Crippen molar-refractivity contribution in [2.45, 2.75) is 26.7 Å². The van der Waals surface area contributed by atoms with Crippen LogP contribution in [0.4, 0.5) is 11.6 Å². The number of halogens is 3. The summed E-state index contributed by atoms with van der Waals surface area (Å²) in [5, 5.41) is 8.84. The summed E-state index contributed by atoms with van der Waals surface area (Å²) in [4.78, 5) is 33.7. The minimum atomic E-state index is -0.792. The van der Waals surface area contributed by atoms with Gasteiger partial charge in [-0.3, -0.25) is 9.59 Å². The zero-order valence-corrected chi connectivity index (χ0v) is 18.7. The van der Waals surface area contributed by atoms with E-state index in [0.29, 0.717) is 31.1 Å². The van der Waals surface area contributed by atoms with Crippen LogP contribution in [0.25, 0.3) is 0 Å². The van der Waals surface area contributed by atoms with Gasteiger partial charge in [-0.05, 0) is 62.2 Å². The Hall–Kier alpha value is -1.93. The van der Waals surface area contributed by atoms with Crippen LogP contribution < -0.4 is 16.0 Å². The number of carbonyl (C=O) groups excluding carboxylic acids is 2. The second kappa shape index (κ2) is 11.9. The van der Waals surface area contributed by atoms with E-state index < -0.39 is 5.41 Å². The first-order chi connectivity index (χ1) is 12.5. The Morgan fingerprint density at radius 2 is 1.55 bits per heavy atom. The number of carbonyl (C=O) groups is 2. The SMILES string of the molecule is Cc1ccnc(NC(=O)CC2(C(=O)Nc3cc(C)ccn3)CCNC2)c1.Cl.Cl.Cl. The number of rotatable bonds is 5. The van der Waals surface area contributed by atoms with Crippen LogP contribution in [-0.4, -0.2) is 34.9 Å². The van der Waals surface area contributed by atoms with E-state index in [9.17, 15) is 9.59 Å². The number of nitrogens with zero attached hydrogens (tertiary/aromatic N) is 2. The Morgan fingerprint density at radius 3 is 2.03 bits per heavy atom. The third kappa shape index (κ3) is 7.12. The summed E-state index contributed by atoms with van der Waals surface area (Å²) >= 11 is 0. The number of anilines is 2. The highest BCUT2D eigenvalue weighted by molar-refractivity contribution is 6.00. The van der Waals surface area contributed by atoms with Crippen molar-refractivity contribution in [3.63, 3.8) is 0 Å². The van der Waals surface area contributed by atoms with Crippen LogP contribution in [0.5, 0.6) is 0 Å². The van der Waals surface area contributed by atoms with Gasteiger partial charge in [0.15, 0.2) is 0 Å². The van der Waals surface area contributed by atoms with Gasteiger partial charge in [0.2, 0.25) is 11.8 Å². The Balaban J connectivity index is 0.00000261. The molecule has 1 aliphatic rings. The number of pyridine rings is 2. The van der Waals surface area contributed by atoms with E-state index in [1.54, 1.807) is 18.5 Å². The first kappa shape index (κ1) is 27.1. The third-order valence-electron chi connectivity index (χ3n) is 4.56. The molecule has 2 amide bonds. The molecule has 0 aromatic carbocycles. The molecule has 0 aliphatic carbocycles. The Labute approximate surface area is 189 Å². The summed E-state index contributed by atoms with van der Waals surface area (Å²) in [6.07, 6.45) is 3.99. The van der Waals surface area contributed by atoms with Crippen LogP contribution in [0.1, 0.15) is 24.0 Å². The molecule has 2 aromatic rings. The second-order valence-corrected chi connectivity index (χ2v) is 6.82. The Morgan fingerprint density at radius 1 is 1.00 bits per heavy atom. The van der Waals surface area contributed by atoms with E-state index in [1.165, 1.54) is 0 Å². The summed E-state index contributed by atoms with van der Waals surface area (Å²) in [6, 6.07) is 7.34.